The van der Waals surface area contributed by atoms with E-state index in [1.807, 2.05) is 35.2 Å². The zero-order chi connectivity index (χ0) is 18.2. The number of rotatable bonds is 4. The zero-order valence-electron chi connectivity index (χ0n) is 15.2. The molecule has 3 heterocycles. The number of likely N-dealkylation sites (tertiary alicyclic amines) is 1. The van der Waals surface area contributed by atoms with E-state index in [9.17, 15) is 4.79 Å². The Morgan fingerprint density at radius 3 is 2.96 bits per heavy atom. The smallest absolute Gasteiger partial charge is 0.273 e. The van der Waals surface area contributed by atoms with E-state index in [2.05, 4.69) is 15.1 Å². The van der Waals surface area contributed by atoms with E-state index in [1.165, 1.54) is 12.8 Å². The van der Waals surface area contributed by atoms with Crippen molar-refractivity contribution in [2.24, 2.45) is 5.92 Å². The molecule has 1 aromatic carbocycles. The van der Waals surface area contributed by atoms with E-state index >= 15 is 0 Å². The number of pyridine rings is 1. The number of carbonyl (C=O) groups excluding carboxylic acids is 1. The Balaban J connectivity index is 1.31. The van der Waals surface area contributed by atoms with Crippen LogP contribution in [0.3, 0.4) is 0 Å². The topological polar surface area (TPSA) is 72.1 Å². The molecule has 0 N–H and O–H groups in total. The van der Waals surface area contributed by atoms with E-state index in [0.29, 0.717) is 30.0 Å². The summed E-state index contributed by atoms with van der Waals surface area (Å²) in [6.07, 6.45) is 6.87. The van der Waals surface area contributed by atoms with Crippen molar-refractivity contribution in [2.75, 3.05) is 13.1 Å². The molecule has 0 radical (unpaired) electrons. The first-order chi connectivity index (χ1) is 13.3. The van der Waals surface area contributed by atoms with Crippen LogP contribution in [0.1, 0.15) is 53.8 Å². The molecule has 6 nitrogen and oxygen atoms in total. The van der Waals surface area contributed by atoms with E-state index in [-0.39, 0.29) is 5.91 Å². The first-order valence-electron chi connectivity index (χ1n) is 9.73. The van der Waals surface area contributed by atoms with Crippen LogP contribution in [0, 0.1) is 5.92 Å². The predicted octanol–water partition coefficient (Wildman–Crippen LogP) is 3.59. The lowest BCUT2D eigenvalue weighted by atomic mass is 9.94. The van der Waals surface area contributed by atoms with Crippen LogP contribution in [0.5, 0.6) is 0 Å². The minimum atomic E-state index is 0.0145. The lowest BCUT2D eigenvalue weighted by Gasteiger charge is -2.32. The fourth-order valence-electron chi connectivity index (χ4n) is 3.96. The molecule has 27 heavy (non-hydrogen) atoms. The van der Waals surface area contributed by atoms with Crippen LogP contribution < -0.4 is 0 Å². The third-order valence-electron chi connectivity index (χ3n) is 5.57. The molecule has 0 spiro atoms. The second-order valence-corrected chi connectivity index (χ2v) is 7.66. The highest BCUT2D eigenvalue weighted by Gasteiger charge is 2.31. The maximum Gasteiger partial charge on any atom is 0.273 e. The van der Waals surface area contributed by atoms with Gasteiger partial charge in [-0.25, -0.2) is 0 Å². The average Bonchev–Trinajstić information content (AvgIpc) is 3.47. The van der Waals surface area contributed by atoms with Gasteiger partial charge in [0.1, 0.15) is 5.69 Å². The molecule has 138 valence electrons. The largest absolute Gasteiger partial charge is 0.339 e. The van der Waals surface area contributed by atoms with Gasteiger partial charge in [0.05, 0.1) is 0 Å². The molecule has 3 aromatic rings. The van der Waals surface area contributed by atoms with Crippen LogP contribution in [-0.4, -0.2) is 39.0 Å². The Morgan fingerprint density at radius 1 is 1.19 bits per heavy atom. The maximum atomic E-state index is 13.1. The molecule has 5 rings (SSSR count). The molecule has 2 aliphatic rings. The van der Waals surface area contributed by atoms with Gasteiger partial charge < -0.3 is 9.42 Å². The van der Waals surface area contributed by atoms with Crippen molar-refractivity contribution in [3.05, 3.63) is 53.9 Å². The number of nitrogens with zero attached hydrogens (tertiary/aromatic N) is 4. The number of carbonyl (C=O) groups is 1. The van der Waals surface area contributed by atoms with Crippen LogP contribution >= 0.6 is 0 Å². The molecular formula is C21H22N4O2. The highest BCUT2D eigenvalue weighted by Crippen LogP contribution is 2.38. The summed E-state index contributed by atoms with van der Waals surface area (Å²) in [5.41, 5.74) is 0.544. The first kappa shape index (κ1) is 16.4. The molecule has 1 amide bonds. The summed E-state index contributed by atoms with van der Waals surface area (Å²) >= 11 is 0. The van der Waals surface area contributed by atoms with Crippen LogP contribution in [-0.2, 0) is 6.42 Å². The normalized spacial score (nSPS) is 20.1. The minimum Gasteiger partial charge on any atom is -0.339 e. The standard InChI is InChI=1S/C21H22N4O2/c26-21(19-17-6-2-1-5-15(17)9-10-22-19)25-11-3-4-14(13-25)12-18-23-20(24-27-18)16-7-8-16/h1-2,5-6,9-10,14,16H,3-4,7-8,11-13H2/t14-/m1/s1. The SMILES string of the molecule is O=C(c1nccc2ccccc12)N1CCC[C@H](Cc2nc(C3CC3)no2)C1. The van der Waals surface area contributed by atoms with Crippen LogP contribution in [0.25, 0.3) is 10.8 Å². The number of piperidine rings is 1. The summed E-state index contributed by atoms with van der Waals surface area (Å²) in [6, 6.07) is 9.85. The van der Waals surface area contributed by atoms with Gasteiger partial charge in [0.2, 0.25) is 5.89 Å². The molecule has 2 fully saturated rings. The van der Waals surface area contributed by atoms with Crippen molar-refractivity contribution < 1.29 is 9.32 Å². The third kappa shape index (κ3) is 3.31. The van der Waals surface area contributed by atoms with Crippen molar-refractivity contribution in [3.63, 3.8) is 0 Å². The van der Waals surface area contributed by atoms with E-state index in [0.717, 1.165) is 42.4 Å². The summed E-state index contributed by atoms with van der Waals surface area (Å²) in [7, 11) is 0. The van der Waals surface area contributed by atoms with Gasteiger partial charge in [-0.2, -0.15) is 4.98 Å². The van der Waals surface area contributed by atoms with Gasteiger partial charge in [0.25, 0.3) is 5.91 Å². The van der Waals surface area contributed by atoms with Crippen molar-refractivity contribution in [3.8, 4) is 0 Å². The number of fused-ring (bicyclic) bond motifs is 1. The second-order valence-electron chi connectivity index (χ2n) is 7.66. The number of benzene rings is 1. The van der Waals surface area contributed by atoms with Crippen molar-refractivity contribution in [1.29, 1.82) is 0 Å². The summed E-state index contributed by atoms with van der Waals surface area (Å²) in [5.74, 6) is 2.43. The minimum absolute atomic E-state index is 0.0145. The molecule has 1 aliphatic heterocycles. The molecule has 2 aromatic heterocycles. The Kier molecular flexibility index (Phi) is 4.11. The van der Waals surface area contributed by atoms with Gasteiger partial charge >= 0.3 is 0 Å². The summed E-state index contributed by atoms with van der Waals surface area (Å²) < 4.78 is 5.43. The fraction of sp³-hybridized carbons (Fsp3) is 0.429. The monoisotopic (exact) mass is 362 g/mol. The van der Waals surface area contributed by atoms with Crippen LogP contribution in [0.2, 0.25) is 0 Å². The molecule has 0 bridgehead atoms. The third-order valence-corrected chi connectivity index (χ3v) is 5.57. The molecule has 6 heteroatoms. The van der Waals surface area contributed by atoms with Crippen molar-refractivity contribution >= 4 is 16.7 Å². The summed E-state index contributed by atoms with van der Waals surface area (Å²) in [6.45, 7) is 1.49. The average molecular weight is 362 g/mol. The van der Waals surface area contributed by atoms with Gasteiger partial charge in [0, 0.05) is 37.0 Å². The highest BCUT2D eigenvalue weighted by atomic mass is 16.5. The Labute approximate surface area is 157 Å². The Hall–Kier alpha value is -2.76. The Morgan fingerprint density at radius 2 is 2.07 bits per heavy atom. The number of amides is 1. The molecule has 1 saturated heterocycles. The fourth-order valence-corrected chi connectivity index (χ4v) is 3.96. The number of hydrogen-bond acceptors (Lipinski definition) is 5. The number of hydrogen-bond donors (Lipinski definition) is 0. The van der Waals surface area contributed by atoms with Gasteiger partial charge in [-0.15, -0.1) is 0 Å². The van der Waals surface area contributed by atoms with E-state index in [4.69, 9.17) is 4.52 Å². The quantitative estimate of drug-likeness (QED) is 0.709. The predicted molar refractivity (Wildman–Crippen MR) is 100 cm³/mol. The maximum absolute atomic E-state index is 13.1. The van der Waals surface area contributed by atoms with Gasteiger partial charge in [-0.1, -0.05) is 29.4 Å². The van der Waals surface area contributed by atoms with E-state index in [1.54, 1.807) is 6.20 Å². The summed E-state index contributed by atoms with van der Waals surface area (Å²) in [4.78, 5) is 24.0. The zero-order valence-corrected chi connectivity index (χ0v) is 15.2. The molecule has 1 saturated carbocycles. The lowest BCUT2D eigenvalue weighted by molar-refractivity contribution is 0.0664. The van der Waals surface area contributed by atoms with Crippen LogP contribution in [0.15, 0.2) is 41.1 Å². The number of aromatic nitrogens is 3. The van der Waals surface area contributed by atoms with E-state index < -0.39 is 0 Å². The molecule has 1 aliphatic carbocycles. The molecular weight excluding hydrogens is 340 g/mol. The van der Waals surface area contributed by atoms with Gasteiger partial charge in [0.15, 0.2) is 5.82 Å². The highest BCUT2D eigenvalue weighted by molar-refractivity contribution is 6.05. The van der Waals surface area contributed by atoms with Gasteiger partial charge in [-0.05, 0) is 43.1 Å². The second kappa shape index (κ2) is 6.76. The molecule has 1 atom stereocenters. The first-order valence-corrected chi connectivity index (χ1v) is 9.73. The molecule has 0 unspecified atom stereocenters. The summed E-state index contributed by atoms with van der Waals surface area (Å²) in [5, 5.41) is 6.06. The van der Waals surface area contributed by atoms with Crippen molar-refractivity contribution in [1.82, 2.24) is 20.0 Å². The van der Waals surface area contributed by atoms with Gasteiger partial charge in [-0.3, -0.25) is 9.78 Å². The van der Waals surface area contributed by atoms with Crippen LogP contribution in [0.4, 0.5) is 0 Å². The lowest BCUT2D eigenvalue weighted by Crippen LogP contribution is -2.41. The Bertz CT molecular complexity index is 974. The van der Waals surface area contributed by atoms with Crippen molar-refractivity contribution in [2.45, 2.75) is 38.0 Å².